The molecule has 2 aromatic rings. The molecule has 0 spiro atoms. The molecule has 1 saturated heterocycles. The minimum absolute atomic E-state index is 0.00364. The lowest BCUT2D eigenvalue weighted by molar-refractivity contribution is -0.140. The van der Waals surface area contributed by atoms with Crippen LogP contribution in [0.2, 0.25) is 0 Å². The average Bonchev–Trinajstić information content (AvgIpc) is 3.07. The van der Waals surface area contributed by atoms with Crippen LogP contribution in [-0.2, 0) is 24.3 Å². The predicted molar refractivity (Wildman–Crippen MR) is 114 cm³/mol. The first-order chi connectivity index (χ1) is 13.8. The summed E-state index contributed by atoms with van der Waals surface area (Å²) in [5.41, 5.74) is 3.81. The van der Waals surface area contributed by atoms with Gasteiger partial charge in [0.1, 0.15) is 11.7 Å². The lowest BCUT2D eigenvalue weighted by Gasteiger charge is -2.39. The molecule has 29 heavy (non-hydrogen) atoms. The zero-order chi connectivity index (χ0) is 21.1. The van der Waals surface area contributed by atoms with Gasteiger partial charge in [-0.3, -0.25) is 14.3 Å². The molecule has 1 aliphatic heterocycles. The monoisotopic (exact) mass is 396 g/mol. The molecule has 0 radical (unpaired) electrons. The Kier molecular flexibility index (Phi) is 6.40. The number of rotatable bonds is 6. The van der Waals surface area contributed by atoms with Gasteiger partial charge < -0.3 is 9.80 Å². The van der Waals surface area contributed by atoms with E-state index in [1.165, 1.54) is 5.56 Å². The topological polar surface area (TPSA) is 58.4 Å². The highest BCUT2D eigenvalue weighted by Gasteiger charge is 2.35. The fraction of sp³-hybridized carbons (Fsp3) is 0.522. The maximum atomic E-state index is 13.2. The number of carbonyl (C=O) groups excluding carboxylic acids is 2. The van der Waals surface area contributed by atoms with Gasteiger partial charge in [-0.25, -0.2) is 0 Å². The van der Waals surface area contributed by atoms with Gasteiger partial charge in [-0.05, 0) is 44.7 Å². The maximum absolute atomic E-state index is 13.2. The van der Waals surface area contributed by atoms with Crippen LogP contribution < -0.4 is 0 Å². The SMILES string of the molecule is CCn1nc(CC(C)C)cc1C(=O)N1CCN(Cc2cccc(C)c2)C(=O)C1C. The molecule has 1 aromatic heterocycles. The van der Waals surface area contributed by atoms with Crippen molar-refractivity contribution in [3.8, 4) is 0 Å². The van der Waals surface area contributed by atoms with E-state index in [4.69, 9.17) is 0 Å². The zero-order valence-corrected chi connectivity index (χ0v) is 18.2. The number of aromatic nitrogens is 2. The number of nitrogens with zero attached hydrogens (tertiary/aromatic N) is 4. The first-order valence-electron chi connectivity index (χ1n) is 10.5. The standard InChI is InChI=1S/C23H32N4O2/c1-6-27-21(14-20(24-27)12-16(2)3)23(29)26-11-10-25(22(28)18(26)5)15-19-9-7-8-17(4)13-19/h7-9,13-14,16,18H,6,10-12,15H2,1-5H3. The average molecular weight is 397 g/mol. The lowest BCUT2D eigenvalue weighted by Crippen LogP contribution is -2.57. The van der Waals surface area contributed by atoms with Gasteiger partial charge in [-0.2, -0.15) is 5.10 Å². The van der Waals surface area contributed by atoms with Crippen LogP contribution in [0, 0.1) is 12.8 Å². The van der Waals surface area contributed by atoms with Gasteiger partial charge in [0, 0.05) is 26.2 Å². The van der Waals surface area contributed by atoms with Crippen molar-refractivity contribution in [1.29, 1.82) is 0 Å². The number of piperazine rings is 1. The minimum Gasteiger partial charge on any atom is -0.335 e. The Hall–Kier alpha value is -2.63. The van der Waals surface area contributed by atoms with Gasteiger partial charge in [0.15, 0.2) is 0 Å². The molecule has 1 aromatic carbocycles. The summed E-state index contributed by atoms with van der Waals surface area (Å²) in [4.78, 5) is 29.8. The summed E-state index contributed by atoms with van der Waals surface area (Å²) in [5.74, 6) is 0.366. The van der Waals surface area contributed by atoms with Crippen molar-refractivity contribution in [1.82, 2.24) is 19.6 Å². The Bertz CT molecular complexity index is 887. The summed E-state index contributed by atoms with van der Waals surface area (Å²) < 4.78 is 1.76. The summed E-state index contributed by atoms with van der Waals surface area (Å²) in [5, 5.41) is 4.58. The van der Waals surface area contributed by atoms with Gasteiger partial charge in [0.2, 0.25) is 5.91 Å². The number of benzene rings is 1. The minimum atomic E-state index is -0.477. The van der Waals surface area contributed by atoms with Crippen LogP contribution in [0.4, 0.5) is 0 Å². The Morgan fingerprint density at radius 1 is 1.24 bits per heavy atom. The number of hydrogen-bond donors (Lipinski definition) is 0. The fourth-order valence-electron chi connectivity index (χ4n) is 3.94. The van der Waals surface area contributed by atoms with Crippen LogP contribution >= 0.6 is 0 Å². The molecule has 2 amide bonds. The van der Waals surface area contributed by atoms with E-state index in [2.05, 4.69) is 38.0 Å². The third-order valence-electron chi connectivity index (χ3n) is 5.43. The van der Waals surface area contributed by atoms with Crippen molar-refractivity contribution < 1.29 is 9.59 Å². The van der Waals surface area contributed by atoms with Crippen LogP contribution in [-0.4, -0.2) is 50.5 Å². The van der Waals surface area contributed by atoms with E-state index in [1.54, 1.807) is 9.58 Å². The van der Waals surface area contributed by atoms with Crippen LogP contribution in [0.25, 0.3) is 0 Å². The van der Waals surface area contributed by atoms with Crippen LogP contribution in [0.1, 0.15) is 55.0 Å². The summed E-state index contributed by atoms with van der Waals surface area (Å²) in [6, 6.07) is 9.62. The van der Waals surface area contributed by atoms with E-state index in [0.29, 0.717) is 37.8 Å². The van der Waals surface area contributed by atoms with Crippen LogP contribution in [0.15, 0.2) is 30.3 Å². The van der Waals surface area contributed by atoms with Gasteiger partial charge in [-0.1, -0.05) is 43.7 Å². The Morgan fingerprint density at radius 2 is 2.00 bits per heavy atom. The van der Waals surface area contributed by atoms with Crippen molar-refractivity contribution >= 4 is 11.8 Å². The molecule has 1 atom stereocenters. The molecule has 0 saturated carbocycles. The molecule has 1 fully saturated rings. The Labute approximate surface area is 173 Å². The molecule has 0 N–H and O–H groups in total. The first-order valence-corrected chi connectivity index (χ1v) is 10.5. The molecule has 1 aliphatic rings. The quantitative estimate of drug-likeness (QED) is 0.753. The van der Waals surface area contributed by atoms with Crippen LogP contribution in [0.3, 0.4) is 0 Å². The highest BCUT2D eigenvalue weighted by molar-refractivity contribution is 5.97. The van der Waals surface area contributed by atoms with Crippen molar-refractivity contribution in [3.05, 3.63) is 52.8 Å². The molecule has 6 heteroatoms. The second kappa shape index (κ2) is 8.80. The van der Waals surface area contributed by atoms with E-state index in [-0.39, 0.29) is 11.8 Å². The van der Waals surface area contributed by atoms with Crippen LogP contribution in [0.5, 0.6) is 0 Å². The van der Waals surface area contributed by atoms with E-state index < -0.39 is 6.04 Å². The van der Waals surface area contributed by atoms with E-state index in [0.717, 1.165) is 17.7 Å². The van der Waals surface area contributed by atoms with Crippen molar-refractivity contribution in [3.63, 3.8) is 0 Å². The van der Waals surface area contributed by atoms with Gasteiger partial charge in [-0.15, -0.1) is 0 Å². The second-order valence-corrected chi connectivity index (χ2v) is 8.36. The number of amides is 2. The van der Waals surface area contributed by atoms with E-state index in [1.807, 2.05) is 36.9 Å². The summed E-state index contributed by atoms with van der Waals surface area (Å²) in [7, 11) is 0. The second-order valence-electron chi connectivity index (χ2n) is 8.36. The lowest BCUT2D eigenvalue weighted by atomic mass is 10.1. The van der Waals surface area contributed by atoms with Crippen molar-refractivity contribution in [2.45, 2.75) is 60.2 Å². The number of carbonyl (C=O) groups is 2. The molecule has 3 rings (SSSR count). The first kappa shape index (κ1) is 21.1. The molecule has 0 bridgehead atoms. The fourth-order valence-corrected chi connectivity index (χ4v) is 3.94. The third kappa shape index (κ3) is 4.69. The van der Waals surface area contributed by atoms with Gasteiger partial charge >= 0.3 is 0 Å². The molecule has 156 valence electrons. The summed E-state index contributed by atoms with van der Waals surface area (Å²) in [6.07, 6.45) is 0.839. The molecule has 1 unspecified atom stereocenters. The van der Waals surface area contributed by atoms with Gasteiger partial charge in [0.05, 0.1) is 5.69 Å². The Balaban J connectivity index is 1.74. The Morgan fingerprint density at radius 3 is 2.66 bits per heavy atom. The maximum Gasteiger partial charge on any atom is 0.272 e. The molecular weight excluding hydrogens is 364 g/mol. The van der Waals surface area contributed by atoms with Crippen molar-refractivity contribution in [2.24, 2.45) is 5.92 Å². The molecule has 2 heterocycles. The molecule has 0 aliphatic carbocycles. The smallest absolute Gasteiger partial charge is 0.272 e. The summed E-state index contributed by atoms with van der Waals surface area (Å²) in [6.45, 7) is 12.4. The molecule has 6 nitrogen and oxygen atoms in total. The van der Waals surface area contributed by atoms with Crippen molar-refractivity contribution in [2.75, 3.05) is 13.1 Å². The normalized spacial score (nSPS) is 17.3. The predicted octanol–water partition coefficient (Wildman–Crippen LogP) is 3.28. The third-order valence-corrected chi connectivity index (χ3v) is 5.43. The highest BCUT2D eigenvalue weighted by atomic mass is 16.2. The zero-order valence-electron chi connectivity index (χ0n) is 18.2. The number of hydrogen-bond acceptors (Lipinski definition) is 3. The molecular formula is C23H32N4O2. The largest absolute Gasteiger partial charge is 0.335 e. The van der Waals surface area contributed by atoms with E-state index >= 15 is 0 Å². The number of aryl methyl sites for hydroxylation is 2. The van der Waals surface area contributed by atoms with Gasteiger partial charge in [0.25, 0.3) is 5.91 Å². The van der Waals surface area contributed by atoms with E-state index in [9.17, 15) is 9.59 Å². The highest BCUT2D eigenvalue weighted by Crippen LogP contribution is 2.19. The summed E-state index contributed by atoms with van der Waals surface area (Å²) >= 11 is 0.